The van der Waals surface area contributed by atoms with Crippen molar-refractivity contribution in [3.63, 3.8) is 0 Å². The van der Waals surface area contributed by atoms with Gasteiger partial charge in [-0.3, -0.25) is 4.68 Å². The van der Waals surface area contributed by atoms with Crippen molar-refractivity contribution in [1.82, 2.24) is 19.3 Å². The van der Waals surface area contributed by atoms with Gasteiger partial charge in [-0.2, -0.15) is 5.10 Å². The molecule has 6 heteroatoms. The molecule has 0 spiro atoms. The maximum absolute atomic E-state index is 11.1. The average Bonchev–Trinajstić information content (AvgIpc) is 2.99. The molecule has 1 N–H and O–H groups in total. The lowest BCUT2D eigenvalue weighted by atomic mass is 10.2. The fourth-order valence-electron chi connectivity index (χ4n) is 2.47. The van der Waals surface area contributed by atoms with Crippen LogP contribution in [0, 0.1) is 0 Å². The van der Waals surface area contributed by atoms with Gasteiger partial charge in [0, 0.05) is 14.1 Å². The van der Waals surface area contributed by atoms with Crippen LogP contribution in [0.15, 0.2) is 24.3 Å². The highest BCUT2D eigenvalue weighted by atomic mass is 16.4. The lowest BCUT2D eigenvalue weighted by molar-refractivity contribution is 0.0697. The number of benzene rings is 1. The molecule has 0 fully saturated rings. The van der Waals surface area contributed by atoms with Crippen molar-refractivity contribution in [3.8, 4) is 11.5 Å². The Hall–Kier alpha value is -2.63. The minimum atomic E-state index is -0.946. The molecule has 0 saturated carbocycles. The van der Waals surface area contributed by atoms with Crippen LogP contribution in [0.1, 0.15) is 23.0 Å². The number of fused-ring (bicyclic) bond motifs is 1. The number of imidazole rings is 1. The fraction of sp³-hybridized carbons (Fsp3) is 0.267. The molecule has 0 bridgehead atoms. The van der Waals surface area contributed by atoms with E-state index in [1.807, 2.05) is 24.7 Å². The van der Waals surface area contributed by atoms with Crippen LogP contribution in [-0.2, 0) is 20.5 Å². The van der Waals surface area contributed by atoms with Crippen molar-refractivity contribution in [2.24, 2.45) is 14.1 Å². The number of hydrogen-bond acceptors (Lipinski definition) is 3. The number of hydrogen-bond donors (Lipinski definition) is 1. The zero-order valence-electron chi connectivity index (χ0n) is 12.2. The minimum absolute atomic E-state index is 0.242. The number of carboxylic acids is 1. The predicted molar refractivity (Wildman–Crippen MR) is 79.3 cm³/mol. The van der Waals surface area contributed by atoms with E-state index in [9.17, 15) is 4.79 Å². The molecule has 0 saturated heterocycles. The third-order valence-electron chi connectivity index (χ3n) is 3.65. The molecule has 3 aromatic rings. The Morgan fingerprint density at radius 2 is 2.05 bits per heavy atom. The number of carboxylic acid groups (broad SMARTS) is 1. The maximum atomic E-state index is 11.1. The van der Waals surface area contributed by atoms with E-state index in [1.54, 1.807) is 22.9 Å². The second-order valence-electron chi connectivity index (χ2n) is 5.00. The van der Waals surface area contributed by atoms with E-state index >= 15 is 0 Å². The van der Waals surface area contributed by atoms with Gasteiger partial charge >= 0.3 is 5.97 Å². The zero-order valence-corrected chi connectivity index (χ0v) is 12.2. The third kappa shape index (κ3) is 2.08. The zero-order chi connectivity index (χ0) is 15.1. The SMILES string of the molecule is CCc1cc(-c2nc3cc(C(=O)O)ccc3n2C)n(C)n1. The lowest BCUT2D eigenvalue weighted by Crippen LogP contribution is -1.99. The standard InChI is InChI=1S/C15H16N4O2/c1-4-10-8-13(19(3)17-10)14-16-11-7-9(15(20)21)5-6-12(11)18(14)2/h5-8H,4H2,1-3H3,(H,20,21). The van der Waals surface area contributed by atoms with Crippen LogP contribution in [-0.4, -0.2) is 30.4 Å². The molecule has 0 radical (unpaired) electrons. The highest BCUT2D eigenvalue weighted by Crippen LogP contribution is 2.25. The Kier molecular flexibility index (Phi) is 3.01. The Bertz CT molecular complexity index is 845. The first-order chi connectivity index (χ1) is 10.0. The first-order valence-corrected chi connectivity index (χ1v) is 6.74. The van der Waals surface area contributed by atoms with E-state index in [4.69, 9.17) is 5.11 Å². The fourth-order valence-corrected chi connectivity index (χ4v) is 2.47. The molecule has 21 heavy (non-hydrogen) atoms. The normalized spacial score (nSPS) is 11.2. The van der Waals surface area contributed by atoms with Crippen molar-refractivity contribution in [1.29, 1.82) is 0 Å². The third-order valence-corrected chi connectivity index (χ3v) is 3.65. The summed E-state index contributed by atoms with van der Waals surface area (Å²) in [6, 6.07) is 6.99. The molecule has 6 nitrogen and oxygen atoms in total. The van der Waals surface area contributed by atoms with Crippen LogP contribution in [0.2, 0.25) is 0 Å². The predicted octanol–water partition coefficient (Wildman–Crippen LogP) is 2.23. The molecule has 1 aromatic carbocycles. The van der Waals surface area contributed by atoms with Gasteiger partial charge in [-0.05, 0) is 30.7 Å². The summed E-state index contributed by atoms with van der Waals surface area (Å²) in [6.45, 7) is 2.06. The molecular formula is C15H16N4O2. The Morgan fingerprint density at radius 3 is 2.67 bits per heavy atom. The van der Waals surface area contributed by atoms with Crippen molar-refractivity contribution in [2.75, 3.05) is 0 Å². The number of aromatic nitrogens is 4. The molecule has 3 rings (SSSR count). The van der Waals surface area contributed by atoms with Crippen LogP contribution >= 0.6 is 0 Å². The van der Waals surface area contributed by atoms with Gasteiger partial charge < -0.3 is 9.67 Å². The first kappa shape index (κ1) is 13.4. The number of rotatable bonds is 3. The van der Waals surface area contributed by atoms with Gasteiger partial charge in [0.25, 0.3) is 0 Å². The van der Waals surface area contributed by atoms with E-state index in [1.165, 1.54) is 0 Å². The molecule has 2 heterocycles. The lowest BCUT2D eigenvalue weighted by Gasteiger charge is -2.02. The van der Waals surface area contributed by atoms with Crippen molar-refractivity contribution in [3.05, 3.63) is 35.5 Å². The van der Waals surface area contributed by atoms with Gasteiger partial charge in [0.1, 0.15) is 5.69 Å². The smallest absolute Gasteiger partial charge is 0.335 e. The van der Waals surface area contributed by atoms with Crippen LogP contribution in [0.25, 0.3) is 22.6 Å². The van der Waals surface area contributed by atoms with E-state index in [0.717, 1.165) is 29.1 Å². The average molecular weight is 284 g/mol. The Balaban J connectivity index is 2.21. The van der Waals surface area contributed by atoms with Crippen LogP contribution < -0.4 is 0 Å². The van der Waals surface area contributed by atoms with Crippen molar-refractivity contribution < 1.29 is 9.90 Å². The molecule has 2 aromatic heterocycles. The summed E-state index contributed by atoms with van der Waals surface area (Å²) in [4.78, 5) is 15.6. The van der Waals surface area contributed by atoms with Crippen molar-refractivity contribution >= 4 is 17.0 Å². The van der Waals surface area contributed by atoms with Gasteiger partial charge in [0.15, 0.2) is 5.82 Å². The first-order valence-electron chi connectivity index (χ1n) is 6.74. The summed E-state index contributed by atoms with van der Waals surface area (Å²) in [6.07, 6.45) is 0.862. The summed E-state index contributed by atoms with van der Waals surface area (Å²) >= 11 is 0. The summed E-state index contributed by atoms with van der Waals surface area (Å²) in [5, 5.41) is 13.5. The molecule has 108 valence electrons. The monoisotopic (exact) mass is 284 g/mol. The van der Waals surface area contributed by atoms with Crippen LogP contribution in [0.3, 0.4) is 0 Å². The summed E-state index contributed by atoms with van der Waals surface area (Å²) < 4.78 is 3.76. The van der Waals surface area contributed by atoms with Gasteiger partial charge in [-0.1, -0.05) is 6.92 Å². The Morgan fingerprint density at radius 1 is 1.29 bits per heavy atom. The van der Waals surface area contributed by atoms with Crippen LogP contribution in [0.4, 0.5) is 0 Å². The molecular weight excluding hydrogens is 268 g/mol. The van der Waals surface area contributed by atoms with E-state index in [0.29, 0.717) is 5.52 Å². The van der Waals surface area contributed by atoms with Crippen molar-refractivity contribution in [2.45, 2.75) is 13.3 Å². The molecule has 0 aliphatic carbocycles. The van der Waals surface area contributed by atoms with E-state index < -0.39 is 5.97 Å². The number of aryl methyl sites for hydroxylation is 3. The topological polar surface area (TPSA) is 72.9 Å². The van der Waals surface area contributed by atoms with Crippen LogP contribution in [0.5, 0.6) is 0 Å². The maximum Gasteiger partial charge on any atom is 0.335 e. The van der Waals surface area contributed by atoms with Gasteiger partial charge in [-0.15, -0.1) is 0 Å². The van der Waals surface area contributed by atoms with Gasteiger partial charge in [-0.25, -0.2) is 9.78 Å². The minimum Gasteiger partial charge on any atom is -0.478 e. The van der Waals surface area contributed by atoms with E-state index in [2.05, 4.69) is 17.0 Å². The quantitative estimate of drug-likeness (QED) is 0.800. The highest BCUT2D eigenvalue weighted by Gasteiger charge is 2.15. The molecule has 0 unspecified atom stereocenters. The van der Waals surface area contributed by atoms with E-state index in [-0.39, 0.29) is 5.56 Å². The second-order valence-corrected chi connectivity index (χ2v) is 5.00. The molecule has 0 aliphatic rings. The summed E-state index contributed by atoms with van der Waals surface area (Å²) in [7, 11) is 3.81. The highest BCUT2D eigenvalue weighted by molar-refractivity contribution is 5.93. The number of nitrogens with zero attached hydrogens (tertiary/aromatic N) is 4. The summed E-state index contributed by atoms with van der Waals surface area (Å²) in [5.74, 6) is -0.167. The summed E-state index contributed by atoms with van der Waals surface area (Å²) in [5.41, 5.74) is 3.74. The number of aromatic carboxylic acids is 1. The Labute approximate surface area is 121 Å². The second kappa shape index (κ2) is 4.73. The van der Waals surface area contributed by atoms with Gasteiger partial charge in [0.05, 0.1) is 22.3 Å². The van der Waals surface area contributed by atoms with Gasteiger partial charge in [0.2, 0.25) is 0 Å². The molecule has 0 atom stereocenters. The largest absolute Gasteiger partial charge is 0.478 e. The molecule has 0 amide bonds. The molecule has 0 aliphatic heterocycles. The number of carbonyl (C=O) groups is 1.